The highest BCUT2D eigenvalue weighted by molar-refractivity contribution is 5.85. The van der Waals surface area contributed by atoms with Gasteiger partial charge in [0.2, 0.25) is 0 Å². The van der Waals surface area contributed by atoms with Crippen molar-refractivity contribution in [3.8, 4) is 12.3 Å². The van der Waals surface area contributed by atoms with E-state index in [4.69, 9.17) is 6.42 Å². The van der Waals surface area contributed by atoms with Crippen molar-refractivity contribution in [1.29, 1.82) is 0 Å². The van der Waals surface area contributed by atoms with E-state index in [-0.39, 0.29) is 5.69 Å². The van der Waals surface area contributed by atoms with Crippen LogP contribution in [0.3, 0.4) is 0 Å². The Kier molecular flexibility index (Phi) is 5.00. The van der Waals surface area contributed by atoms with Crippen molar-refractivity contribution in [2.45, 2.75) is 6.92 Å². The molecule has 0 aliphatic heterocycles. The van der Waals surface area contributed by atoms with Gasteiger partial charge in [0.25, 0.3) is 0 Å². The number of halogens is 1. The van der Waals surface area contributed by atoms with Crippen molar-refractivity contribution < 1.29 is 13.9 Å². The maximum Gasteiger partial charge on any atom is 0.411 e. The van der Waals surface area contributed by atoms with E-state index in [0.717, 1.165) is 0 Å². The standard InChI is InChI=1S/C13H15FN2O2/c1-4-8-16(5-2)10-6-7-12(11(14)9-10)15-13(17)18-3/h1,6-7,9H,5,8H2,2-3H3,(H,15,17). The quantitative estimate of drug-likeness (QED) is 0.835. The summed E-state index contributed by atoms with van der Waals surface area (Å²) in [6.45, 7) is 3.00. The Morgan fingerprint density at radius 1 is 1.61 bits per heavy atom. The molecule has 18 heavy (non-hydrogen) atoms. The summed E-state index contributed by atoms with van der Waals surface area (Å²) in [6, 6.07) is 4.49. The van der Waals surface area contributed by atoms with Crippen LogP contribution in [-0.4, -0.2) is 26.3 Å². The lowest BCUT2D eigenvalue weighted by Gasteiger charge is -2.20. The number of carbonyl (C=O) groups is 1. The highest BCUT2D eigenvalue weighted by atomic mass is 19.1. The van der Waals surface area contributed by atoms with Gasteiger partial charge in [-0.15, -0.1) is 6.42 Å². The van der Waals surface area contributed by atoms with Gasteiger partial charge in [0, 0.05) is 12.2 Å². The smallest absolute Gasteiger partial charge is 0.411 e. The first-order chi connectivity index (χ1) is 8.62. The van der Waals surface area contributed by atoms with Crippen molar-refractivity contribution in [2.75, 3.05) is 30.4 Å². The fourth-order valence-corrected chi connectivity index (χ4v) is 1.46. The van der Waals surface area contributed by atoms with Gasteiger partial charge in [0.15, 0.2) is 0 Å². The van der Waals surface area contributed by atoms with E-state index in [0.29, 0.717) is 18.8 Å². The topological polar surface area (TPSA) is 41.6 Å². The minimum atomic E-state index is -0.711. The second-order valence-corrected chi connectivity index (χ2v) is 3.50. The Bertz CT molecular complexity index is 469. The Labute approximate surface area is 106 Å². The molecule has 1 aromatic carbocycles. The van der Waals surface area contributed by atoms with Gasteiger partial charge < -0.3 is 9.64 Å². The third-order valence-electron chi connectivity index (χ3n) is 2.40. The molecule has 0 spiro atoms. The number of hydrogen-bond donors (Lipinski definition) is 1. The number of anilines is 2. The van der Waals surface area contributed by atoms with Crippen molar-refractivity contribution in [3.63, 3.8) is 0 Å². The number of nitrogens with one attached hydrogen (secondary N) is 1. The minimum Gasteiger partial charge on any atom is -0.453 e. The predicted octanol–water partition coefficient (Wildman–Crippen LogP) is 2.46. The molecule has 0 atom stereocenters. The number of amides is 1. The predicted molar refractivity (Wildman–Crippen MR) is 69.1 cm³/mol. The molecule has 1 rings (SSSR count). The zero-order chi connectivity index (χ0) is 13.5. The molecule has 0 saturated heterocycles. The number of nitrogens with zero attached hydrogens (tertiary/aromatic N) is 1. The Balaban J connectivity index is 2.91. The molecule has 0 aliphatic carbocycles. The Hall–Kier alpha value is -2.22. The molecule has 0 bridgehead atoms. The fourth-order valence-electron chi connectivity index (χ4n) is 1.46. The second-order valence-electron chi connectivity index (χ2n) is 3.50. The van der Waals surface area contributed by atoms with Crippen LogP contribution in [0.1, 0.15) is 6.92 Å². The van der Waals surface area contributed by atoms with Gasteiger partial charge in [-0.3, -0.25) is 5.32 Å². The summed E-state index contributed by atoms with van der Waals surface area (Å²) in [5, 5.41) is 2.28. The van der Waals surface area contributed by atoms with E-state index in [1.54, 1.807) is 6.07 Å². The highest BCUT2D eigenvalue weighted by Crippen LogP contribution is 2.22. The zero-order valence-corrected chi connectivity index (χ0v) is 10.4. The van der Waals surface area contributed by atoms with E-state index in [1.165, 1.54) is 19.2 Å². The molecule has 0 radical (unpaired) electrons. The summed E-state index contributed by atoms with van der Waals surface area (Å²) >= 11 is 0. The molecule has 1 N–H and O–H groups in total. The first-order valence-corrected chi connectivity index (χ1v) is 5.45. The maximum atomic E-state index is 13.7. The number of methoxy groups -OCH3 is 1. The number of terminal acetylenes is 1. The summed E-state index contributed by atoms with van der Waals surface area (Å²) in [7, 11) is 1.22. The van der Waals surface area contributed by atoms with E-state index < -0.39 is 11.9 Å². The molecule has 0 unspecified atom stereocenters. The monoisotopic (exact) mass is 250 g/mol. The molecule has 4 nitrogen and oxygen atoms in total. The molecule has 96 valence electrons. The molecular formula is C13H15FN2O2. The fraction of sp³-hybridized carbons (Fsp3) is 0.308. The van der Waals surface area contributed by atoms with Crippen molar-refractivity contribution in [2.24, 2.45) is 0 Å². The maximum absolute atomic E-state index is 13.7. The van der Waals surface area contributed by atoms with Gasteiger partial charge in [-0.25, -0.2) is 9.18 Å². The molecule has 0 fully saturated rings. The SMILES string of the molecule is C#CCN(CC)c1ccc(NC(=O)OC)c(F)c1. The number of carbonyl (C=O) groups excluding carboxylic acids is 1. The van der Waals surface area contributed by atoms with Gasteiger partial charge >= 0.3 is 6.09 Å². The molecule has 0 heterocycles. The van der Waals surface area contributed by atoms with E-state index in [1.807, 2.05) is 11.8 Å². The Morgan fingerprint density at radius 3 is 2.83 bits per heavy atom. The van der Waals surface area contributed by atoms with Crippen LogP contribution < -0.4 is 10.2 Å². The first kappa shape index (κ1) is 13.8. The number of rotatable bonds is 4. The third kappa shape index (κ3) is 3.39. The summed E-state index contributed by atoms with van der Waals surface area (Å²) < 4.78 is 18.1. The molecular weight excluding hydrogens is 235 g/mol. The van der Waals surface area contributed by atoms with Crippen LogP contribution in [0, 0.1) is 18.2 Å². The summed E-state index contributed by atoms with van der Waals surface area (Å²) in [5.74, 6) is 1.97. The Morgan fingerprint density at radius 2 is 2.33 bits per heavy atom. The number of benzene rings is 1. The molecule has 0 aromatic heterocycles. The average molecular weight is 250 g/mol. The van der Waals surface area contributed by atoms with Crippen LogP contribution in [0.4, 0.5) is 20.6 Å². The van der Waals surface area contributed by atoms with Gasteiger partial charge in [0.05, 0.1) is 19.3 Å². The molecule has 0 saturated carbocycles. The van der Waals surface area contributed by atoms with Crippen LogP contribution in [0.15, 0.2) is 18.2 Å². The normalized spacial score (nSPS) is 9.44. The zero-order valence-electron chi connectivity index (χ0n) is 10.4. The van der Waals surface area contributed by atoms with Gasteiger partial charge in [-0.1, -0.05) is 5.92 Å². The molecule has 1 amide bonds. The number of hydrogen-bond acceptors (Lipinski definition) is 3. The molecule has 1 aromatic rings. The summed E-state index contributed by atoms with van der Waals surface area (Å²) in [4.78, 5) is 12.8. The second kappa shape index (κ2) is 6.50. The van der Waals surface area contributed by atoms with E-state index in [2.05, 4.69) is 16.0 Å². The van der Waals surface area contributed by atoms with Crippen molar-refractivity contribution in [3.05, 3.63) is 24.0 Å². The van der Waals surface area contributed by atoms with Gasteiger partial charge in [0.1, 0.15) is 5.82 Å². The summed E-state index contributed by atoms with van der Waals surface area (Å²) in [5.41, 5.74) is 0.741. The van der Waals surface area contributed by atoms with Crippen LogP contribution in [0.5, 0.6) is 0 Å². The van der Waals surface area contributed by atoms with Crippen LogP contribution in [0.25, 0.3) is 0 Å². The van der Waals surface area contributed by atoms with Crippen molar-refractivity contribution >= 4 is 17.5 Å². The molecule has 5 heteroatoms. The third-order valence-corrected chi connectivity index (χ3v) is 2.40. The highest BCUT2D eigenvalue weighted by Gasteiger charge is 2.10. The first-order valence-electron chi connectivity index (χ1n) is 5.45. The lowest BCUT2D eigenvalue weighted by Crippen LogP contribution is -2.23. The summed E-state index contributed by atoms with van der Waals surface area (Å²) in [6.07, 6.45) is 4.52. The van der Waals surface area contributed by atoms with Gasteiger partial charge in [-0.2, -0.15) is 0 Å². The van der Waals surface area contributed by atoms with Crippen LogP contribution in [0.2, 0.25) is 0 Å². The van der Waals surface area contributed by atoms with Gasteiger partial charge in [-0.05, 0) is 25.1 Å². The lowest BCUT2D eigenvalue weighted by atomic mass is 10.2. The van der Waals surface area contributed by atoms with Crippen molar-refractivity contribution in [1.82, 2.24) is 0 Å². The largest absolute Gasteiger partial charge is 0.453 e. The van der Waals surface area contributed by atoms with E-state index in [9.17, 15) is 9.18 Å². The average Bonchev–Trinajstić information content (AvgIpc) is 2.38. The molecule has 0 aliphatic rings. The minimum absolute atomic E-state index is 0.0716. The van der Waals surface area contributed by atoms with E-state index >= 15 is 0 Å². The van der Waals surface area contributed by atoms with Crippen LogP contribution in [-0.2, 0) is 4.74 Å². The lowest BCUT2D eigenvalue weighted by molar-refractivity contribution is 0.187. The number of ether oxygens (including phenoxy) is 1. The van der Waals surface area contributed by atoms with Crippen LogP contribution >= 0.6 is 0 Å².